The largest absolute Gasteiger partial charge is 0.370 e. The number of sulfonamides is 2. The normalized spacial score (nSPS) is 15.9. The molecular formula is C17H23N3O4S3. The van der Waals surface area contributed by atoms with Crippen molar-refractivity contribution in [1.82, 2.24) is 4.31 Å². The molecule has 1 aliphatic heterocycles. The van der Waals surface area contributed by atoms with E-state index in [-0.39, 0.29) is 9.10 Å². The van der Waals surface area contributed by atoms with Gasteiger partial charge in [0.15, 0.2) is 0 Å². The molecule has 10 heteroatoms. The summed E-state index contributed by atoms with van der Waals surface area (Å²) in [5.41, 5.74) is 1.35. The van der Waals surface area contributed by atoms with Crippen LogP contribution in [-0.2, 0) is 20.0 Å². The Hall–Kier alpha value is -1.62. The van der Waals surface area contributed by atoms with E-state index < -0.39 is 20.0 Å². The van der Waals surface area contributed by atoms with Crippen LogP contribution in [0.1, 0.15) is 19.3 Å². The first-order valence-electron chi connectivity index (χ1n) is 8.60. The molecule has 2 aromatic rings. The Kier molecular flexibility index (Phi) is 5.80. The van der Waals surface area contributed by atoms with E-state index >= 15 is 0 Å². The van der Waals surface area contributed by atoms with Gasteiger partial charge in [-0.2, -0.15) is 0 Å². The van der Waals surface area contributed by atoms with Crippen LogP contribution in [0.5, 0.6) is 0 Å². The molecular weight excluding hydrogens is 406 g/mol. The van der Waals surface area contributed by atoms with E-state index in [9.17, 15) is 16.8 Å². The zero-order chi connectivity index (χ0) is 19.7. The average Bonchev–Trinajstić information content (AvgIpc) is 3.14. The van der Waals surface area contributed by atoms with Crippen molar-refractivity contribution in [2.24, 2.45) is 0 Å². The van der Waals surface area contributed by atoms with E-state index in [0.717, 1.165) is 47.3 Å². The molecule has 0 radical (unpaired) electrons. The molecule has 2 heterocycles. The van der Waals surface area contributed by atoms with Gasteiger partial charge in [0.1, 0.15) is 4.21 Å². The average molecular weight is 430 g/mol. The number of hydrogen-bond acceptors (Lipinski definition) is 6. The highest BCUT2D eigenvalue weighted by molar-refractivity contribution is 7.95. The van der Waals surface area contributed by atoms with E-state index in [1.807, 2.05) is 12.1 Å². The van der Waals surface area contributed by atoms with Crippen LogP contribution in [0.2, 0.25) is 0 Å². The van der Waals surface area contributed by atoms with Crippen molar-refractivity contribution in [3.63, 3.8) is 0 Å². The summed E-state index contributed by atoms with van der Waals surface area (Å²) in [4.78, 5) is 2.15. The number of rotatable bonds is 6. The Balaban J connectivity index is 1.89. The number of piperidine rings is 1. The van der Waals surface area contributed by atoms with Gasteiger partial charge >= 0.3 is 0 Å². The summed E-state index contributed by atoms with van der Waals surface area (Å²) in [5, 5.41) is 1.35. The third-order valence-corrected chi connectivity index (χ3v) is 9.19. The zero-order valence-corrected chi connectivity index (χ0v) is 17.7. The highest BCUT2D eigenvalue weighted by Gasteiger charge is 2.25. The second-order valence-corrected chi connectivity index (χ2v) is 11.5. The fourth-order valence-electron chi connectivity index (χ4n) is 2.95. The van der Waals surface area contributed by atoms with Crippen molar-refractivity contribution in [3.05, 3.63) is 35.7 Å². The van der Waals surface area contributed by atoms with Crippen molar-refractivity contribution in [2.45, 2.75) is 28.4 Å². The van der Waals surface area contributed by atoms with Gasteiger partial charge in [-0.15, -0.1) is 11.3 Å². The molecule has 0 saturated carbocycles. The number of thiophene rings is 1. The second kappa shape index (κ2) is 7.78. The summed E-state index contributed by atoms with van der Waals surface area (Å²) < 4.78 is 53.7. The Morgan fingerprint density at radius 1 is 1.04 bits per heavy atom. The van der Waals surface area contributed by atoms with Gasteiger partial charge in [-0.3, -0.25) is 4.72 Å². The van der Waals surface area contributed by atoms with Gasteiger partial charge < -0.3 is 4.90 Å². The molecule has 1 fully saturated rings. The molecule has 0 bridgehead atoms. The molecule has 0 atom stereocenters. The number of nitrogens with zero attached hydrogens (tertiary/aromatic N) is 2. The molecule has 1 saturated heterocycles. The van der Waals surface area contributed by atoms with Crippen molar-refractivity contribution in [1.29, 1.82) is 0 Å². The smallest absolute Gasteiger partial charge is 0.271 e. The van der Waals surface area contributed by atoms with Gasteiger partial charge in [0.2, 0.25) is 10.0 Å². The fraction of sp³-hybridized carbons (Fsp3) is 0.412. The highest BCUT2D eigenvalue weighted by Crippen LogP contribution is 2.32. The predicted octanol–water partition coefficient (Wildman–Crippen LogP) is 2.79. The van der Waals surface area contributed by atoms with Crippen LogP contribution in [0.3, 0.4) is 0 Å². The maximum atomic E-state index is 12.8. The van der Waals surface area contributed by atoms with E-state index in [1.165, 1.54) is 32.0 Å². The van der Waals surface area contributed by atoms with Gasteiger partial charge in [-0.25, -0.2) is 21.1 Å². The van der Waals surface area contributed by atoms with Crippen molar-refractivity contribution < 1.29 is 16.8 Å². The first-order valence-corrected chi connectivity index (χ1v) is 12.4. The Morgan fingerprint density at radius 3 is 2.37 bits per heavy atom. The van der Waals surface area contributed by atoms with Gasteiger partial charge in [0.05, 0.1) is 16.3 Å². The summed E-state index contributed by atoms with van der Waals surface area (Å²) in [6.45, 7) is 1.78. The summed E-state index contributed by atoms with van der Waals surface area (Å²) in [5.74, 6) is 0. The molecule has 1 aromatic heterocycles. The SMILES string of the molecule is CN(C)S(=O)(=O)c1csc(S(=O)(=O)Nc2ccccc2N2CCCCC2)c1. The molecule has 7 nitrogen and oxygen atoms in total. The van der Waals surface area contributed by atoms with Crippen LogP contribution in [0.4, 0.5) is 11.4 Å². The second-order valence-electron chi connectivity index (χ2n) is 6.56. The molecule has 1 N–H and O–H groups in total. The summed E-state index contributed by atoms with van der Waals surface area (Å²) in [6.07, 6.45) is 3.35. The first kappa shape index (κ1) is 20.1. The minimum absolute atomic E-state index is 0.0257. The van der Waals surface area contributed by atoms with E-state index in [4.69, 9.17) is 0 Å². The lowest BCUT2D eigenvalue weighted by Gasteiger charge is -2.30. The van der Waals surface area contributed by atoms with Gasteiger partial charge in [-0.05, 0) is 37.5 Å². The predicted molar refractivity (Wildman–Crippen MR) is 109 cm³/mol. The monoisotopic (exact) mass is 429 g/mol. The standard InChI is InChI=1S/C17H23N3O4S3/c1-19(2)27(23,24)14-12-17(25-13-14)26(21,22)18-15-8-4-5-9-16(15)20-10-6-3-7-11-20/h4-5,8-9,12-13,18H,3,6-7,10-11H2,1-2H3. The molecule has 0 amide bonds. The highest BCUT2D eigenvalue weighted by atomic mass is 32.2. The molecule has 0 unspecified atom stereocenters. The maximum Gasteiger partial charge on any atom is 0.271 e. The summed E-state index contributed by atoms with van der Waals surface area (Å²) in [6, 6.07) is 8.49. The van der Waals surface area contributed by atoms with Crippen molar-refractivity contribution in [3.8, 4) is 0 Å². The van der Waals surface area contributed by atoms with Crippen molar-refractivity contribution >= 4 is 42.8 Å². The fourth-order valence-corrected chi connectivity index (χ4v) is 6.54. The summed E-state index contributed by atoms with van der Waals surface area (Å²) >= 11 is 0.892. The molecule has 27 heavy (non-hydrogen) atoms. The van der Waals surface area contributed by atoms with Crippen LogP contribution in [0, 0.1) is 0 Å². The summed E-state index contributed by atoms with van der Waals surface area (Å²) in [7, 11) is -4.73. The third-order valence-electron chi connectivity index (χ3n) is 4.44. The van der Waals surface area contributed by atoms with Gasteiger partial charge in [0, 0.05) is 32.6 Å². The Bertz CT molecular complexity index is 1010. The number of para-hydroxylation sites is 2. The van der Waals surface area contributed by atoms with Crippen molar-refractivity contribution in [2.75, 3.05) is 36.8 Å². The minimum Gasteiger partial charge on any atom is -0.370 e. The lowest BCUT2D eigenvalue weighted by Crippen LogP contribution is -2.30. The molecule has 0 spiro atoms. The minimum atomic E-state index is -3.88. The first-order chi connectivity index (χ1) is 12.7. The van der Waals surface area contributed by atoms with Crippen LogP contribution in [-0.4, -0.2) is 48.3 Å². The third kappa shape index (κ3) is 4.29. The van der Waals surface area contributed by atoms with Crippen LogP contribution in [0.15, 0.2) is 44.8 Å². The number of nitrogens with one attached hydrogen (secondary N) is 1. The maximum absolute atomic E-state index is 12.8. The number of anilines is 2. The van der Waals surface area contributed by atoms with E-state index in [0.29, 0.717) is 5.69 Å². The van der Waals surface area contributed by atoms with Gasteiger partial charge in [0.25, 0.3) is 10.0 Å². The van der Waals surface area contributed by atoms with E-state index in [1.54, 1.807) is 12.1 Å². The number of hydrogen-bond donors (Lipinski definition) is 1. The van der Waals surface area contributed by atoms with Gasteiger partial charge in [-0.1, -0.05) is 12.1 Å². The quantitative estimate of drug-likeness (QED) is 0.763. The van der Waals surface area contributed by atoms with Crippen LogP contribution < -0.4 is 9.62 Å². The molecule has 3 rings (SSSR count). The van der Waals surface area contributed by atoms with Crippen LogP contribution in [0.25, 0.3) is 0 Å². The molecule has 0 aliphatic carbocycles. The zero-order valence-electron chi connectivity index (χ0n) is 15.3. The molecule has 1 aliphatic rings. The van der Waals surface area contributed by atoms with E-state index in [2.05, 4.69) is 9.62 Å². The number of benzene rings is 1. The lowest BCUT2D eigenvalue weighted by molar-refractivity contribution is 0.521. The molecule has 1 aromatic carbocycles. The Morgan fingerprint density at radius 2 is 1.70 bits per heavy atom. The molecule has 148 valence electrons. The Labute approximate surface area is 164 Å². The lowest BCUT2D eigenvalue weighted by atomic mass is 10.1. The topological polar surface area (TPSA) is 86.8 Å². The van der Waals surface area contributed by atoms with Crippen LogP contribution >= 0.6 is 11.3 Å².